The number of ketones is 2. The van der Waals surface area contributed by atoms with Gasteiger partial charge in [0.2, 0.25) is 16.6 Å². The molecule has 0 N–H and O–H groups in total. The number of carbonyl (C=O) groups is 2. The Balaban J connectivity index is 2.09. The van der Waals surface area contributed by atoms with E-state index in [1.54, 1.807) is 0 Å². The van der Waals surface area contributed by atoms with E-state index in [1.807, 2.05) is 62.4 Å². The van der Waals surface area contributed by atoms with Crippen molar-refractivity contribution in [2.45, 2.75) is 91.7 Å². The summed E-state index contributed by atoms with van der Waals surface area (Å²) in [5.74, 6) is 0.630. The van der Waals surface area contributed by atoms with Crippen LogP contribution in [0.5, 0.6) is 11.5 Å². The number of hydrogen-bond acceptors (Lipinski definition) is 4. The predicted octanol–water partition coefficient (Wildman–Crippen LogP) is 8.79. The quantitative estimate of drug-likeness (QED) is 0.242. The molecule has 6 heteroatoms. The molecule has 0 aliphatic heterocycles. The molecule has 4 nitrogen and oxygen atoms in total. The molecule has 0 aliphatic carbocycles. The smallest absolute Gasteiger partial charge is 0.250 e. The average molecular weight is 527 g/mol. The fraction of sp³-hybridized carbons (Fsp3) is 0.533. The molecule has 0 saturated carbocycles. The molecule has 2 atom stereocenters. The van der Waals surface area contributed by atoms with Crippen molar-refractivity contribution in [3.05, 3.63) is 59.7 Å². The highest BCUT2D eigenvalue weighted by Crippen LogP contribution is 2.38. The third kappa shape index (κ3) is 6.97. The number of carbonyl (C=O) groups excluding carboxylic acids is 2. The number of rotatable bonds is 9. The van der Waals surface area contributed by atoms with Crippen LogP contribution >= 0.6 is 0 Å². The minimum atomic E-state index is -1.95. The van der Waals surface area contributed by atoms with Crippen molar-refractivity contribution < 1.29 is 18.4 Å². The minimum absolute atomic E-state index is 0.0346. The first-order chi connectivity index (χ1) is 16.3. The molecule has 0 saturated heterocycles. The van der Waals surface area contributed by atoms with E-state index < -0.39 is 28.5 Å². The van der Waals surface area contributed by atoms with E-state index in [0.29, 0.717) is 11.1 Å². The maximum atomic E-state index is 13.2. The fourth-order valence-electron chi connectivity index (χ4n) is 3.25. The second kappa shape index (κ2) is 10.7. The molecule has 0 aliphatic rings. The molecule has 2 rings (SSSR count). The summed E-state index contributed by atoms with van der Waals surface area (Å²) in [6.45, 7) is 25.7. The van der Waals surface area contributed by atoms with E-state index in [4.69, 9.17) is 8.85 Å². The van der Waals surface area contributed by atoms with Crippen molar-refractivity contribution in [2.24, 2.45) is 11.8 Å². The van der Waals surface area contributed by atoms with Crippen LogP contribution in [0.3, 0.4) is 0 Å². The molecule has 0 fully saturated rings. The Hall–Kier alpha value is -2.19. The van der Waals surface area contributed by atoms with Gasteiger partial charge >= 0.3 is 0 Å². The summed E-state index contributed by atoms with van der Waals surface area (Å²) in [6, 6.07) is 14.7. The van der Waals surface area contributed by atoms with E-state index >= 15 is 0 Å². The van der Waals surface area contributed by atoms with Crippen LogP contribution in [-0.4, -0.2) is 28.2 Å². The van der Waals surface area contributed by atoms with Crippen molar-refractivity contribution in [1.29, 1.82) is 0 Å². The largest absolute Gasteiger partial charge is 0.544 e. The second-order valence-corrected chi connectivity index (χ2v) is 22.5. The van der Waals surface area contributed by atoms with Crippen LogP contribution in [0.1, 0.15) is 76.1 Å². The SMILES string of the molecule is C[C@H](C(=O)c1ccc(O[Si](C)(C)C(C)(C)C)cc1)[C@H](C)C(=O)c1ccc(O[Si](C)(C)C(C)(C)C)cc1. The van der Waals surface area contributed by atoms with E-state index in [1.165, 1.54) is 0 Å². The zero-order chi connectivity index (χ0) is 27.7. The Morgan fingerprint density at radius 1 is 0.583 bits per heavy atom. The lowest BCUT2D eigenvalue weighted by Crippen LogP contribution is -2.43. The third-order valence-electron chi connectivity index (χ3n) is 8.21. The van der Waals surface area contributed by atoms with E-state index in [-0.39, 0.29) is 21.6 Å². The van der Waals surface area contributed by atoms with E-state index in [2.05, 4.69) is 67.7 Å². The highest BCUT2D eigenvalue weighted by molar-refractivity contribution is 6.75. The van der Waals surface area contributed by atoms with Gasteiger partial charge in [0.05, 0.1) is 0 Å². The minimum Gasteiger partial charge on any atom is -0.544 e. The van der Waals surface area contributed by atoms with Crippen molar-refractivity contribution in [1.82, 2.24) is 0 Å². The summed E-state index contributed by atoms with van der Waals surface area (Å²) in [5, 5.41) is 0.196. The lowest BCUT2D eigenvalue weighted by molar-refractivity contribution is 0.0794. The highest BCUT2D eigenvalue weighted by Gasteiger charge is 2.40. The molecule has 0 aromatic heterocycles. The standard InChI is InChI=1S/C30H46O4Si2/c1-21(27(31)23-13-17-25(18-14-23)33-35(9,10)29(3,4)5)22(2)28(32)24-15-19-26(20-16-24)34-36(11,12)30(6,7)8/h13-22H,1-12H3/t21-,22-/m0/s1. The van der Waals surface area contributed by atoms with Crippen LogP contribution in [0, 0.1) is 11.8 Å². The molecule has 2 aromatic rings. The normalized spacial score (nSPS) is 14.7. The first-order valence-corrected chi connectivity index (χ1v) is 18.7. The van der Waals surface area contributed by atoms with Gasteiger partial charge in [0.15, 0.2) is 11.6 Å². The summed E-state index contributed by atoms with van der Waals surface area (Å²) in [5.41, 5.74) is 1.20. The Morgan fingerprint density at radius 2 is 0.833 bits per heavy atom. The first kappa shape index (κ1) is 30.0. The Kier molecular flexibility index (Phi) is 8.90. The Labute approximate surface area is 221 Å². The van der Waals surface area contributed by atoms with Gasteiger partial charge in [0.25, 0.3) is 0 Å². The lowest BCUT2D eigenvalue weighted by Gasteiger charge is -2.36. The molecule has 0 amide bonds. The van der Waals surface area contributed by atoms with Crippen LogP contribution in [0.15, 0.2) is 48.5 Å². The van der Waals surface area contributed by atoms with Gasteiger partial charge in [-0.2, -0.15) is 0 Å². The molecule has 198 valence electrons. The van der Waals surface area contributed by atoms with Crippen LogP contribution in [0.2, 0.25) is 36.3 Å². The molecule has 0 spiro atoms. The summed E-state index contributed by atoms with van der Waals surface area (Å²) < 4.78 is 12.7. The van der Waals surface area contributed by atoms with Crippen molar-refractivity contribution in [3.8, 4) is 11.5 Å². The average Bonchev–Trinajstić information content (AvgIpc) is 2.76. The Morgan fingerprint density at radius 3 is 1.06 bits per heavy atom. The van der Waals surface area contributed by atoms with Gasteiger partial charge < -0.3 is 8.85 Å². The van der Waals surface area contributed by atoms with Crippen molar-refractivity contribution in [2.75, 3.05) is 0 Å². The Bertz CT molecular complexity index is 969. The van der Waals surface area contributed by atoms with Crippen LogP contribution in [-0.2, 0) is 0 Å². The maximum Gasteiger partial charge on any atom is 0.250 e. The summed E-state index contributed by atoms with van der Waals surface area (Å²) >= 11 is 0. The number of hydrogen-bond donors (Lipinski definition) is 0. The number of Topliss-reactive ketones (excluding diaryl/α,β-unsaturated/α-hetero) is 2. The van der Waals surface area contributed by atoms with E-state index in [0.717, 1.165) is 11.5 Å². The fourth-order valence-corrected chi connectivity index (χ4v) is 5.31. The summed E-state index contributed by atoms with van der Waals surface area (Å²) in [7, 11) is -3.89. The van der Waals surface area contributed by atoms with Gasteiger partial charge in [-0.05, 0) is 84.8 Å². The van der Waals surface area contributed by atoms with Gasteiger partial charge in [0.1, 0.15) is 11.5 Å². The van der Waals surface area contributed by atoms with Crippen LogP contribution in [0.4, 0.5) is 0 Å². The zero-order valence-corrected chi connectivity index (χ0v) is 26.4. The van der Waals surface area contributed by atoms with Crippen LogP contribution in [0.25, 0.3) is 0 Å². The van der Waals surface area contributed by atoms with Crippen LogP contribution < -0.4 is 8.85 Å². The molecule has 0 bridgehead atoms. The molecule has 0 unspecified atom stereocenters. The molecule has 0 radical (unpaired) electrons. The summed E-state index contributed by atoms with van der Waals surface area (Å²) in [4.78, 5) is 26.4. The van der Waals surface area contributed by atoms with Gasteiger partial charge in [-0.1, -0.05) is 55.4 Å². The second-order valence-electron chi connectivity index (χ2n) is 13.1. The molecular weight excluding hydrogens is 480 g/mol. The van der Waals surface area contributed by atoms with Gasteiger partial charge in [-0.3, -0.25) is 9.59 Å². The van der Waals surface area contributed by atoms with Gasteiger partial charge in [0, 0.05) is 23.0 Å². The molecular formula is C30H46O4Si2. The zero-order valence-electron chi connectivity index (χ0n) is 24.4. The van der Waals surface area contributed by atoms with Gasteiger partial charge in [-0.25, -0.2) is 0 Å². The monoisotopic (exact) mass is 526 g/mol. The lowest BCUT2D eigenvalue weighted by atomic mass is 9.83. The maximum absolute atomic E-state index is 13.2. The number of benzene rings is 2. The van der Waals surface area contributed by atoms with Gasteiger partial charge in [-0.15, -0.1) is 0 Å². The van der Waals surface area contributed by atoms with E-state index in [9.17, 15) is 9.59 Å². The van der Waals surface area contributed by atoms with Crippen molar-refractivity contribution >= 4 is 28.2 Å². The predicted molar refractivity (Wildman–Crippen MR) is 156 cm³/mol. The van der Waals surface area contributed by atoms with Crippen molar-refractivity contribution in [3.63, 3.8) is 0 Å². The summed E-state index contributed by atoms with van der Waals surface area (Å²) in [6.07, 6.45) is 0. The molecule has 0 heterocycles. The third-order valence-corrected chi connectivity index (χ3v) is 16.9. The highest BCUT2D eigenvalue weighted by atomic mass is 28.4. The molecule has 2 aromatic carbocycles. The molecule has 36 heavy (non-hydrogen) atoms. The first-order valence-electron chi connectivity index (χ1n) is 12.9. The topological polar surface area (TPSA) is 52.6 Å².